The summed E-state index contributed by atoms with van der Waals surface area (Å²) in [7, 11) is 0. The lowest BCUT2D eigenvalue weighted by Gasteiger charge is -2.34. The molecule has 0 aliphatic carbocycles. The molecule has 5 nitrogen and oxygen atoms in total. The van der Waals surface area contributed by atoms with Crippen LogP contribution in [0.25, 0.3) is 0 Å². The Labute approximate surface area is 192 Å². The van der Waals surface area contributed by atoms with E-state index in [-0.39, 0.29) is 17.9 Å². The van der Waals surface area contributed by atoms with E-state index in [1.165, 1.54) is 18.4 Å². The van der Waals surface area contributed by atoms with Gasteiger partial charge in [0.2, 0.25) is 5.91 Å². The molecule has 0 N–H and O–H groups in total. The standard InChI is InChI=1S/C27H37N3O2/c1-20-19-25(22(3)30(20)21(2)23-11-7-6-8-12-23)27(32)29-17-13-24(14-18-29)26(31)28-15-9-4-5-10-16-28/h6-8,11-12,19,21,24H,4-5,9-10,13-18H2,1-3H3. The van der Waals surface area contributed by atoms with E-state index in [9.17, 15) is 9.59 Å². The highest BCUT2D eigenvalue weighted by molar-refractivity contribution is 5.96. The van der Waals surface area contributed by atoms with Crippen molar-refractivity contribution in [1.82, 2.24) is 14.4 Å². The Morgan fingerprint density at radius 1 is 0.875 bits per heavy atom. The Balaban J connectivity index is 1.42. The van der Waals surface area contributed by atoms with Crippen molar-refractivity contribution in [3.8, 4) is 0 Å². The molecule has 0 spiro atoms. The highest BCUT2D eigenvalue weighted by Gasteiger charge is 2.32. The minimum Gasteiger partial charge on any atom is -0.342 e. The summed E-state index contributed by atoms with van der Waals surface area (Å²) < 4.78 is 2.26. The third-order valence-electron chi connectivity index (χ3n) is 7.43. The maximum Gasteiger partial charge on any atom is 0.255 e. The van der Waals surface area contributed by atoms with Crippen molar-refractivity contribution >= 4 is 11.8 Å². The molecule has 5 heteroatoms. The number of benzene rings is 1. The van der Waals surface area contributed by atoms with Gasteiger partial charge in [-0.15, -0.1) is 0 Å². The number of aromatic nitrogens is 1. The van der Waals surface area contributed by atoms with E-state index in [4.69, 9.17) is 0 Å². The summed E-state index contributed by atoms with van der Waals surface area (Å²) >= 11 is 0. The van der Waals surface area contributed by atoms with E-state index >= 15 is 0 Å². The van der Waals surface area contributed by atoms with Crippen LogP contribution in [0.3, 0.4) is 0 Å². The molecule has 32 heavy (non-hydrogen) atoms. The van der Waals surface area contributed by atoms with E-state index in [0.29, 0.717) is 19.0 Å². The average molecular weight is 436 g/mol. The molecule has 0 bridgehead atoms. The summed E-state index contributed by atoms with van der Waals surface area (Å²) in [5, 5.41) is 0. The Hall–Kier alpha value is -2.56. The molecular weight excluding hydrogens is 398 g/mol. The van der Waals surface area contributed by atoms with Gasteiger partial charge in [0.25, 0.3) is 5.91 Å². The van der Waals surface area contributed by atoms with Crippen LogP contribution in [0.4, 0.5) is 0 Å². The molecule has 2 aliphatic heterocycles. The van der Waals surface area contributed by atoms with Gasteiger partial charge in [0.15, 0.2) is 0 Å². The van der Waals surface area contributed by atoms with Gasteiger partial charge in [-0.05, 0) is 58.1 Å². The number of carbonyl (C=O) groups is 2. The van der Waals surface area contributed by atoms with Crippen molar-refractivity contribution in [2.45, 2.75) is 65.3 Å². The number of hydrogen-bond donors (Lipinski definition) is 0. The number of amides is 2. The number of rotatable bonds is 4. The van der Waals surface area contributed by atoms with E-state index in [1.807, 2.05) is 17.0 Å². The molecule has 2 fully saturated rings. The zero-order valence-electron chi connectivity index (χ0n) is 19.8. The van der Waals surface area contributed by atoms with E-state index in [2.05, 4.69) is 54.5 Å². The van der Waals surface area contributed by atoms with Gasteiger partial charge in [-0.1, -0.05) is 43.2 Å². The van der Waals surface area contributed by atoms with Crippen LogP contribution < -0.4 is 0 Å². The first-order valence-electron chi connectivity index (χ1n) is 12.3. The molecule has 3 heterocycles. The molecule has 172 valence electrons. The summed E-state index contributed by atoms with van der Waals surface area (Å²) in [6.45, 7) is 9.46. The summed E-state index contributed by atoms with van der Waals surface area (Å²) in [5.41, 5.74) is 4.16. The average Bonchev–Trinajstić information content (AvgIpc) is 2.99. The van der Waals surface area contributed by atoms with Gasteiger partial charge < -0.3 is 14.4 Å². The van der Waals surface area contributed by atoms with Crippen LogP contribution in [0.2, 0.25) is 0 Å². The van der Waals surface area contributed by atoms with Gasteiger partial charge in [-0.2, -0.15) is 0 Å². The van der Waals surface area contributed by atoms with E-state index < -0.39 is 0 Å². The molecule has 1 atom stereocenters. The maximum absolute atomic E-state index is 13.4. The van der Waals surface area contributed by atoms with E-state index in [1.54, 1.807) is 0 Å². The SMILES string of the molecule is Cc1cc(C(=O)N2CCC(C(=O)N3CCCCCC3)CC2)c(C)n1C(C)c1ccccc1. The van der Waals surface area contributed by atoms with Crippen LogP contribution in [0.1, 0.15) is 78.8 Å². The fraction of sp³-hybridized carbons (Fsp3) is 0.556. The lowest BCUT2D eigenvalue weighted by atomic mass is 9.94. The fourth-order valence-corrected chi connectivity index (χ4v) is 5.52. The second-order valence-corrected chi connectivity index (χ2v) is 9.55. The zero-order chi connectivity index (χ0) is 22.7. The second kappa shape index (κ2) is 9.93. The second-order valence-electron chi connectivity index (χ2n) is 9.55. The van der Waals surface area contributed by atoms with Crippen molar-refractivity contribution in [1.29, 1.82) is 0 Å². The molecule has 1 aromatic carbocycles. The van der Waals surface area contributed by atoms with E-state index in [0.717, 1.165) is 55.7 Å². The van der Waals surface area contributed by atoms with Gasteiger partial charge in [0.05, 0.1) is 11.6 Å². The Bertz CT molecular complexity index is 933. The Morgan fingerprint density at radius 3 is 2.12 bits per heavy atom. The highest BCUT2D eigenvalue weighted by Crippen LogP contribution is 2.28. The van der Waals surface area contributed by atoms with Crippen molar-refractivity contribution in [3.05, 3.63) is 58.9 Å². The van der Waals surface area contributed by atoms with Gasteiger partial charge in [0.1, 0.15) is 0 Å². The summed E-state index contributed by atoms with van der Waals surface area (Å²) in [5.74, 6) is 0.488. The first-order chi connectivity index (χ1) is 15.5. The number of likely N-dealkylation sites (tertiary alicyclic amines) is 2. The molecule has 0 saturated carbocycles. The van der Waals surface area contributed by atoms with Gasteiger partial charge in [-0.25, -0.2) is 0 Å². The molecule has 4 rings (SSSR count). The number of hydrogen-bond acceptors (Lipinski definition) is 2. The van der Waals surface area contributed by atoms with Gasteiger partial charge in [-0.3, -0.25) is 9.59 Å². The third kappa shape index (κ3) is 4.62. The number of piperidine rings is 1. The van der Waals surface area contributed by atoms with Crippen LogP contribution in [0.15, 0.2) is 36.4 Å². The summed E-state index contributed by atoms with van der Waals surface area (Å²) in [6, 6.07) is 12.6. The minimum absolute atomic E-state index is 0.0719. The predicted molar refractivity (Wildman–Crippen MR) is 128 cm³/mol. The van der Waals surface area contributed by atoms with Gasteiger partial charge >= 0.3 is 0 Å². The fourth-order valence-electron chi connectivity index (χ4n) is 5.52. The first-order valence-corrected chi connectivity index (χ1v) is 12.3. The Morgan fingerprint density at radius 2 is 1.50 bits per heavy atom. The first kappa shape index (κ1) is 22.6. The largest absolute Gasteiger partial charge is 0.342 e. The molecule has 2 saturated heterocycles. The monoisotopic (exact) mass is 435 g/mol. The number of carbonyl (C=O) groups excluding carboxylic acids is 2. The Kier molecular flexibility index (Phi) is 7.02. The van der Waals surface area contributed by atoms with Crippen LogP contribution in [0.5, 0.6) is 0 Å². The van der Waals surface area contributed by atoms with Crippen LogP contribution in [0, 0.1) is 19.8 Å². The molecule has 2 amide bonds. The molecule has 1 unspecified atom stereocenters. The molecule has 2 aromatic rings. The van der Waals surface area contributed by atoms with Crippen LogP contribution in [-0.4, -0.2) is 52.4 Å². The molecule has 2 aliphatic rings. The maximum atomic E-state index is 13.4. The molecule has 0 radical (unpaired) electrons. The predicted octanol–water partition coefficient (Wildman–Crippen LogP) is 4.97. The lowest BCUT2D eigenvalue weighted by Crippen LogP contribution is -2.44. The van der Waals surface area contributed by atoms with Crippen LogP contribution in [-0.2, 0) is 4.79 Å². The highest BCUT2D eigenvalue weighted by atomic mass is 16.2. The zero-order valence-corrected chi connectivity index (χ0v) is 19.8. The quantitative estimate of drug-likeness (QED) is 0.681. The van der Waals surface area contributed by atoms with Crippen molar-refractivity contribution in [2.75, 3.05) is 26.2 Å². The van der Waals surface area contributed by atoms with Crippen molar-refractivity contribution < 1.29 is 9.59 Å². The van der Waals surface area contributed by atoms with Crippen LogP contribution >= 0.6 is 0 Å². The number of aryl methyl sites for hydroxylation is 1. The minimum atomic E-state index is 0.0719. The smallest absolute Gasteiger partial charge is 0.255 e. The lowest BCUT2D eigenvalue weighted by molar-refractivity contribution is -0.136. The summed E-state index contributed by atoms with van der Waals surface area (Å²) in [6.07, 6.45) is 6.27. The third-order valence-corrected chi connectivity index (χ3v) is 7.43. The van der Waals surface area contributed by atoms with Gasteiger partial charge in [0, 0.05) is 43.5 Å². The molecule has 1 aromatic heterocycles. The van der Waals surface area contributed by atoms with Crippen molar-refractivity contribution in [3.63, 3.8) is 0 Å². The molecular formula is C27H37N3O2. The topological polar surface area (TPSA) is 45.6 Å². The summed E-state index contributed by atoms with van der Waals surface area (Å²) in [4.78, 5) is 30.4. The number of nitrogens with zero attached hydrogens (tertiary/aromatic N) is 3. The van der Waals surface area contributed by atoms with Crippen molar-refractivity contribution in [2.24, 2.45) is 5.92 Å². The normalized spacial score (nSPS) is 19.0.